The van der Waals surface area contributed by atoms with E-state index in [0.29, 0.717) is 17.2 Å². The molecule has 0 heterocycles. The number of halogens is 1. The molecule has 6 heteroatoms. The van der Waals surface area contributed by atoms with E-state index in [2.05, 4.69) is 21.2 Å². The predicted molar refractivity (Wildman–Crippen MR) is 97.6 cm³/mol. The number of amides is 1. The van der Waals surface area contributed by atoms with E-state index < -0.39 is 0 Å². The number of carbonyl (C=O) groups excluding carboxylic acids is 1. The molecule has 2 aromatic carbocycles. The minimum Gasteiger partial charge on any atom is -0.493 e. The fourth-order valence-electron chi connectivity index (χ4n) is 1.94. The van der Waals surface area contributed by atoms with E-state index in [4.69, 9.17) is 9.47 Å². The lowest BCUT2D eigenvalue weighted by Crippen LogP contribution is -2.22. The molecule has 0 aromatic heterocycles. The van der Waals surface area contributed by atoms with Crippen LogP contribution in [0.15, 0.2) is 51.8 Å². The Morgan fingerprint density at radius 1 is 1.13 bits per heavy atom. The Labute approximate surface area is 148 Å². The van der Waals surface area contributed by atoms with Gasteiger partial charge in [-0.15, -0.1) is 11.8 Å². The minimum atomic E-state index is -0.234. The van der Waals surface area contributed by atoms with Crippen LogP contribution in [0.2, 0.25) is 0 Å². The highest BCUT2D eigenvalue weighted by Crippen LogP contribution is 2.32. The number of nitrogens with one attached hydrogen (secondary N) is 1. The van der Waals surface area contributed by atoms with Crippen molar-refractivity contribution in [2.45, 2.75) is 17.1 Å². The van der Waals surface area contributed by atoms with Gasteiger partial charge in [0.2, 0.25) is 5.91 Å². The summed E-state index contributed by atoms with van der Waals surface area (Å²) in [4.78, 5) is 13.4. The summed E-state index contributed by atoms with van der Waals surface area (Å²) in [7, 11) is 3.14. The van der Waals surface area contributed by atoms with Crippen LogP contribution < -0.4 is 14.8 Å². The molecule has 0 spiro atoms. The van der Waals surface area contributed by atoms with Crippen LogP contribution in [-0.4, -0.2) is 25.4 Å². The lowest BCUT2D eigenvalue weighted by atomic mass is 10.2. The van der Waals surface area contributed by atoms with Crippen LogP contribution in [-0.2, 0) is 4.79 Å². The third kappa shape index (κ3) is 4.65. The number of hydrogen-bond donors (Lipinski definition) is 1. The summed E-state index contributed by atoms with van der Waals surface area (Å²) < 4.78 is 11.4. The van der Waals surface area contributed by atoms with Gasteiger partial charge in [0.15, 0.2) is 11.5 Å². The van der Waals surface area contributed by atoms with Crippen molar-refractivity contribution in [3.8, 4) is 11.5 Å². The van der Waals surface area contributed by atoms with Crippen LogP contribution in [0.4, 0.5) is 5.69 Å². The summed E-state index contributed by atoms with van der Waals surface area (Å²) in [5, 5.41) is 2.66. The summed E-state index contributed by atoms with van der Waals surface area (Å²) in [6.07, 6.45) is 0. The number of ether oxygens (including phenoxy) is 2. The maximum Gasteiger partial charge on any atom is 0.237 e. The third-order valence-corrected chi connectivity index (χ3v) is 5.29. The standard InChI is InChI=1S/C17H18BrNO3S/c1-11(23-16-7-5-4-6-13(16)18)17(20)19-12-8-9-14(21-2)15(10-12)22-3/h4-11H,1-3H3,(H,19,20). The van der Waals surface area contributed by atoms with E-state index >= 15 is 0 Å². The highest BCUT2D eigenvalue weighted by Gasteiger charge is 2.16. The van der Waals surface area contributed by atoms with Crippen LogP contribution in [0.3, 0.4) is 0 Å². The van der Waals surface area contributed by atoms with E-state index in [1.165, 1.54) is 11.8 Å². The summed E-state index contributed by atoms with van der Waals surface area (Å²) in [5.74, 6) is 1.13. The van der Waals surface area contributed by atoms with Crippen LogP contribution in [0, 0.1) is 0 Å². The number of thioether (sulfide) groups is 1. The maximum atomic E-state index is 12.4. The van der Waals surface area contributed by atoms with Gasteiger partial charge in [-0.25, -0.2) is 0 Å². The van der Waals surface area contributed by atoms with Crippen LogP contribution in [0.5, 0.6) is 11.5 Å². The van der Waals surface area contributed by atoms with Crippen molar-refractivity contribution in [3.63, 3.8) is 0 Å². The van der Waals surface area contributed by atoms with Gasteiger partial charge in [0.05, 0.1) is 19.5 Å². The fourth-order valence-corrected chi connectivity index (χ4v) is 3.39. The molecule has 1 unspecified atom stereocenters. The Bertz CT molecular complexity index is 693. The summed E-state index contributed by atoms with van der Waals surface area (Å²) in [5.41, 5.74) is 0.673. The van der Waals surface area contributed by atoms with Gasteiger partial charge in [-0.2, -0.15) is 0 Å². The number of hydrogen-bond acceptors (Lipinski definition) is 4. The molecule has 4 nitrogen and oxygen atoms in total. The Morgan fingerprint density at radius 2 is 1.83 bits per heavy atom. The minimum absolute atomic E-state index is 0.0713. The topological polar surface area (TPSA) is 47.6 Å². The summed E-state index contributed by atoms with van der Waals surface area (Å²) in [6, 6.07) is 13.1. The predicted octanol–water partition coefficient (Wildman–Crippen LogP) is 4.59. The van der Waals surface area contributed by atoms with E-state index in [-0.39, 0.29) is 11.2 Å². The van der Waals surface area contributed by atoms with E-state index in [1.54, 1.807) is 32.4 Å². The first kappa shape index (κ1) is 17.7. The number of anilines is 1. The van der Waals surface area contributed by atoms with E-state index in [0.717, 1.165) is 9.37 Å². The molecular formula is C17H18BrNO3S. The first-order valence-corrected chi connectivity index (χ1v) is 8.66. The normalized spacial score (nSPS) is 11.7. The second kappa shape index (κ2) is 8.26. The molecule has 122 valence electrons. The molecule has 0 saturated heterocycles. The largest absolute Gasteiger partial charge is 0.493 e. The van der Waals surface area contributed by atoms with Crippen LogP contribution in [0.25, 0.3) is 0 Å². The van der Waals surface area contributed by atoms with Crippen LogP contribution >= 0.6 is 27.7 Å². The molecule has 0 radical (unpaired) electrons. The van der Waals surface area contributed by atoms with Crippen molar-refractivity contribution in [2.24, 2.45) is 0 Å². The average molecular weight is 396 g/mol. The maximum absolute atomic E-state index is 12.4. The molecule has 0 bridgehead atoms. The van der Waals surface area contributed by atoms with Crippen molar-refractivity contribution in [1.82, 2.24) is 0 Å². The van der Waals surface area contributed by atoms with Crippen molar-refractivity contribution in [2.75, 3.05) is 19.5 Å². The SMILES string of the molecule is COc1ccc(NC(=O)C(C)Sc2ccccc2Br)cc1OC. The Hall–Kier alpha value is -1.66. The highest BCUT2D eigenvalue weighted by molar-refractivity contribution is 9.10. The van der Waals surface area contributed by atoms with Crippen molar-refractivity contribution in [3.05, 3.63) is 46.9 Å². The quantitative estimate of drug-likeness (QED) is 0.726. The lowest BCUT2D eigenvalue weighted by molar-refractivity contribution is -0.115. The van der Waals surface area contributed by atoms with Crippen molar-refractivity contribution in [1.29, 1.82) is 0 Å². The first-order chi connectivity index (χ1) is 11.0. The van der Waals surface area contributed by atoms with Gasteiger partial charge >= 0.3 is 0 Å². The van der Waals surface area contributed by atoms with Gasteiger partial charge in [-0.3, -0.25) is 4.79 Å². The number of methoxy groups -OCH3 is 2. The van der Waals surface area contributed by atoms with Gasteiger partial charge in [0.1, 0.15) is 0 Å². The molecule has 2 rings (SSSR count). The zero-order valence-electron chi connectivity index (χ0n) is 13.1. The zero-order chi connectivity index (χ0) is 16.8. The Morgan fingerprint density at radius 3 is 2.48 bits per heavy atom. The molecule has 1 N–H and O–H groups in total. The Kier molecular flexibility index (Phi) is 6.36. The van der Waals surface area contributed by atoms with Crippen LogP contribution in [0.1, 0.15) is 6.92 Å². The van der Waals surface area contributed by atoms with E-state index in [1.807, 2.05) is 31.2 Å². The summed E-state index contributed by atoms with van der Waals surface area (Å²) in [6.45, 7) is 1.88. The summed E-state index contributed by atoms with van der Waals surface area (Å²) >= 11 is 4.99. The molecular weight excluding hydrogens is 378 g/mol. The molecule has 23 heavy (non-hydrogen) atoms. The second-order valence-electron chi connectivity index (χ2n) is 4.75. The second-order valence-corrected chi connectivity index (χ2v) is 6.99. The van der Waals surface area contributed by atoms with Gasteiger partial charge in [0, 0.05) is 21.1 Å². The molecule has 0 aliphatic carbocycles. The lowest BCUT2D eigenvalue weighted by Gasteiger charge is -2.14. The van der Waals surface area contributed by atoms with Crippen molar-refractivity contribution < 1.29 is 14.3 Å². The molecule has 1 atom stereocenters. The van der Waals surface area contributed by atoms with Crippen molar-refractivity contribution >= 4 is 39.3 Å². The number of rotatable bonds is 6. The first-order valence-electron chi connectivity index (χ1n) is 6.99. The zero-order valence-corrected chi connectivity index (χ0v) is 15.5. The molecule has 0 aliphatic rings. The van der Waals surface area contributed by atoms with Gasteiger partial charge < -0.3 is 14.8 Å². The Balaban J connectivity index is 2.05. The van der Waals surface area contributed by atoms with E-state index in [9.17, 15) is 4.79 Å². The number of benzene rings is 2. The molecule has 2 aromatic rings. The van der Waals surface area contributed by atoms with Gasteiger partial charge in [0.25, 0.3) is 0 Å². The highest BCUT2D eigenvalue weighted by atomic mass is 79.9. The molecule has 0 saturated carbocycles. The number of carbonyl (C=O) groups is 1. The fraction of sp³-hybridized carbons (Fsp3) is 0.235. The molecule has 1 amide bonds. The van der Waals surface area contributed by atoms with Gasteiger partial charge in [-0.05, 0) is 47.1 Å². The molecule has 0 aliphatic heterocycles. The molecule has 0 fully saturated rings. The monoisotopic (exact) mass is 395 g/mol. The third-order valence-electron chi connectivity index (χ3n) is 3.16. The average Bonchev–Trinajstić information content (AvgIpc) is 2.56. The van der Waals surface area contributed by atoms with Gasteiger partial charge in [-0.1, -0.05) is 12.1 Å². The smallest absolute Gasteiger partial charge is 0.237 e.